The van der Waals surface area contributed by atoms with Crippen LogP contribution in [0.4, 0.5) is 0 Å². The molecule has 0 saturated carbocycles. The highest BCUT2D eigenvalue weighted by Gasteiger charge is 2.19. The van der Waals surface area contributed by atoms with E-state index in [4.69, 9.17) is 20.8 Å². The fourth-order valence-electron chi connectivity index (χ4n) is 2.24. The summed E-state index contributed by atoms with van der Waals surface area (Å²) in [7, 11) is 1.47. The number of ether oxygens (including phenoxy) is 1. The molecule has 2 rings (SSSR count). The SMILES string of the molecule is CCN(CC)NC(=O)c1cc(Cl)c(-c2ccc(C=O)o2)cc1OC. The first-order valence-electron chi connectivity index (χ1n) is 7.52. The van der Waals surface area contributed by atoms with Crippen molar-refractivity contribution in [3.63, 3.8) is 0 Å². The quantitative estimate of drug-likeness (QED) is 0.612. The fraction of sp³-hybridized carbons (Fsp3) is 0.294. The van der Waals surface area contributed by atoms with Gasteiger partial charge in [0.1, 0.15) is 11.5 Å². The number of hydrazine groups is 1. The molecule has 128 valence electrons. The zero-order valence-electron chi connectivity index (χ0n) is 13.8. The summed E-state index contributed by atoms with van der Waals surface area (Å²) in [5.74, 6) is 0.680. The molecule has 7 heteroatoms. The Morgan fingerprint density at radius 2 is 2.04 bits per heavy atom. The van der Waals surface area contributed by atoms with Crippen molar-refractivity contribution >= 4 is 23.8 Å². The van der Waals surface area contributed by atoms with Crippen LogP contribution in [0, 0.1) is 0 Å². The lowest BCUT2D eigenvalue weighted by atomic mass is 10.1. The topological polar surface area (TPSA) is 71.8 Å². The van der Waals surface area contributed by atoms with E-state index in [0.717, 1.165) is 0 Å². The van der Waals surface area contributed by atoms with Crippen LogP contribution in [0.15, 0.2) is 28.7 Å². The number of carbonyl (C=O) groups excluding carboxylic acids is 2. The third kappa shape index (κ3) is 3.77. The second kappa shape index (κ2) is 7.99. The van der Waals surface area contributed by atoms with Gasteiger partial charge in [-0.1, -0.05) is 25.4 Å². The van der Waals surface area contributed by atoms with Gasteiger partial charge >= 0.3 is 0 Å². The van der Waals surface area contributed by atoms with Gasteiger partial charge in [0.25, 0.3) is 5.91 Å². The number of carbonyl (C=O) groups is 2. The van der Waals surface area contributed by atoms with E-state index in [1.165, 1.54) is 13.2 Å². The zero-order valence-corrected chi connectivity index (χ0v) is 14.5. The van der Waals surface area contributed by atoms with Crippen LogP contribution in [0.25, 0.3) is 11.3 Å². The number of nitrogens with zero attached hydrogens (tertiary/aromatic N) is 1. The van der Waals surface area contributed by atoms with E-state index in [1.807, 2.05) is 13.8 Å². The van der Waals surface area contributed by atoms with Gasteiger partial charge in [0, 0.05) is 18.7 Å². The van der Waals surface area contributed by atoms with Crippen LogP contribution < -0.4 is 10.2 Å². The number of aldehydes is 1. The number of rotatable bonds is 7. The number of furan rings is 1. The Hall–Kier alpha value is -2.31. The maximum Gasteiger partial charge on any atom is 0.269 e. The monoisotopic (exact) mass is 350 g/mol. The number of nitrogens with one attached hydrogen (secondary N) is 1. The van der Waals surface area contributed by atoms with E-state index in [-0.39, 0.29) is 11.7 Å². The van der Waals surface area contributed by atoms with Gasteiger partial charge in [-0.15, -0.1) is 0 Å². The standard InChI is InChI=1S/C17H19ClN2O4/c1-4-20(5-2)19-17(22)13-8-14(18)12(9-16(13)23-3)15-7-6-11(10-21)24-15/h6-10H,4-5H2,1-3H3,(H,19,22). The van der Waals surface area contributed by atoms with E-state index in [9.17, 15) is 9.59 Å². The van der Waals surface area contributed by atoms with E-state index in [0.29, 0.717) is 47.0 Å². The number of halogens is 1. The highest BCUT2D eigenvalue weighted by atomic mass is 35.5. The van der Waals surface area contributed by atoms with Gasteiger partial charge in [-0.3, -0.25) is 15.0 Å². The van der Waals surface area contributed by atoms with Crippen molar-refractivity contribution in [2.75, 3.05) is 20.2 Å². The third-order valence-corrected chi connectivity index (χ3v) is 3.88. The van der Waals surface area contributed by atoms with Crippen LogP contribution in [0.2, 0.25) is 5.02 Å². The first-order chi connectivity index (χ1) is 11.5. The zero-order chi connectivity index (χ0) is 17.7. The smallest absolute Gasteiger partial charge is 0.269 e. The average molecular weight is 351 g/mol. The van der Waals surface area contributed by atoms with Gasteiger partial charge in [0.05, 0.1) is 17.7 Å². The van der Waals surface area contributed by atoms with Gasteiger partial charge in [-0.05, 0) is 24.3 Å². The van der Waals surface area contributed by atoms with Crippen molar-refractivity contribution in [2.24, 2.45) is 0 Å². The molecule has 1 aromatic heterocycles. The Bertz CT molecular complexity index is 738. The predicted molar refractivity (Wildman–Crippen MR) is 91.5 cm³/mol. The van der Waals surface area contributed by atoms with Gasteiger partial charge in [0.2, 0.25) is 0 Å². The van der Waals surface area contributed by atoms with Crippen LogP contribution in [0.5, 0.6) is 5.75 Å². The molecule has 6 nitrogen and oxygen atoms in total. The normalized spacial score (nSPS) is 10.7. The fourth-order valence-corrected chi connectivity index (χ4v) is 2.49. The van der Waals surface area contributed by atoms with Crippen molar-refractivity contribution < 1.29 is 18.7 Å². The van der Waals surface area contributed by atoms with Crippen molar-refractivity contribution in [1.29, 1.82) is 0 Å². The largest absolute Gasteiger partial charge is 0.496 e. The molecule has 0 radical (unpaired) electrons. The molecule has 1 aromatic carbocycles. The Morgan fingerprint density at radius 3 is 2.58 bits per heavy atom. The maximum atomic E-state index is 12.4. The molecule has 1 amide bonds. The van der Waals surface area contributed by atoms with E-state index >= 15 is 0 Å². The Morgan fingerprint density at radius 1 is 1.33 bits per heavy atom. The summed E-state index contributed by atoms with van der Waals surface area (Å²) in [6.45, 7) is 5.24. The van der Waals surface area contributed by atoms with Crippen LogP contribution in [0.1, 0.15) is 34.8 Å². The van der Waals surface area contributed by atoms with E-state index < -0.39 is 0 Å². The summed E-state index contributed by atoms with van der Waals surface area (Å²) in [4.78, 5) is 23.2. The lowest BCUT2D eigenvalue weighted by Crippen LogP contribution is -2.41. The van der Waals surface area contributed by atoms with Crippen molar-refractivity contribution in [1.82, 2.24) is 10.4 Å². The average Bonchev–Trinajstić information content (AvgIpc) is 3.08. The van der Waals surface area contributed by atoms with Crippen LogP contribution in [-0.2, 0) is 0 Å². The number of amides is 1. The van der Waals surface area contributed by atoms with Gasteiger partial charge in [-0.25, -0.2) is 5.01 Å². The molecule has 0 spiro atoms. The first-order valence-corrected chi connectivity index (χ1v) is 7.90. The third-order valence-electron chi connectivity index (χ3n) is 3.57. The molecule has 2 aromatic rings. The molecule has 1 N–H and O–H groups in total. The number of hydrogen-bond donors (Lipinski definition) is 1. The molecule has 0 atom stereocenters. The molecule has 0 aliphatic carbocycles. The summed E-state index contributed by atoms with van der Waals surface area (Å²) in [6, 6.07) is 6.33. The van der Waals surface area contributed by atoms with Crippen LogP contribution in [0.3, 0.4) is 0 Å². The lowest BCUT2D eigenvalue weighted by molar-refractivity contribution is 0.0802. The highest BCUT2D eigenvalue weighted by molar-refractivity contribution is 6.33. The second-order valence-electron chi connectivity index (χ2n) is 4.97. The number of hydrogen-bond acceptors (Lipinski definition) is 5. The summed E-state index contributed by atoms with van der Waals surface area (Å²) in [6.07, 6.45) is 0.612. The predicted octanol–water partition coefficient (Wildman–Crippen LogP) is 3.41. The number of methoxy groups -OCH3 is 1. The molecule has 24 heavy (non-hydrogen) atoms. The minimum Gasteiger partial charge on any atom is -0.496 e. The summed E-state index contributed by atoms with van der Waals surface area (Å²) < 4.78 is 10.7. The molecular formula is C17H19ClN2O4. The molecule has 0 saturated heterocycles. The number of benzene rings is 1. The maximum absolute atomic E-state index is 12.4. The van der Waals surface area contributed by atoms with Gasteiger partial charge in [-0.2, -0.15) is 0 Å². The highest BCUT2D eigenvalue weighted by Crippen LogP contribution is 2.35. The molecule has 0 aliphatic rings. The minimum absolute atomic E-state index is 0.198. The van der Waals surface area contributed by atoms with E-state index in [1.54, 1.807) is 23.2 Å². The van der Waals surface area contributed by atoms with Crippen molar-refractivity contribution in [2.45, 2.75) is 13.8 Å². The van der Waals surface area contributed by atoms with E-state index in [2.05, 4.69) is 5.43 Å². The second-order valence-corrected chi connectivity index (χ2v) is 5.37. The Labute approximate surface area is 145 Å². The summed E-state index contributed by atoms with van der Waals surface area (Å²) >= 11 is 6.30. The van der Waals surface area contributed by atoms with Crippen LogP contribution in [-0.4, -0.2) is 37.4 Å². The summed E-state index contributed by atoms with van der Waals surface area (Å²) in [5, 5.41) is 2.10. The summed E-state index contributed by atoms with van der Waals surface area (Å²) in [5.41, 5.74) is 3.66. The lowest BCUT2D eigenvalue weighted by Gasteiger charge is -2.20. The molecule has 0 bridgehead atoms. The molecule has 0 aliphatic heterocycles. The van der Waals surface area contributed by atoms with Gasteiger partial charge < -0.3 is 9.15 Å². The minimum atomic E-state index is -0.308. The molecule has 0 unspecified atom stereocenters. The molecule has 1 heterocycles. The Kier molecular flexibility index (Phi) is 6.00. The molecule has 0 fully saturated rings. The molecular weight excluding hydrogens is 332 g/mol. The van der Waals surface area contributed by atoms with Crippen LogP contribution >= 0.6 is 11.6 Å². The van der Waals surface area contributed by atoms with Gasteiger partial charge in [0.15, 0.2) is 12.0 Å². The van der Waals surface area contributed by atoms with Crippen molar-refractivity contribution in [3.05, 3.63) is 40.6 Å². The van der Waals surface area contributed by atoms with Crippen molar-refractivity contribution in [3.8, 4) is 17.1 Å². The Balaban J connectivity index is 2.39. The first kappa shape index (κ1) is 18.0.